The number of nitrogens with one attached hydrogen (secondary N) is 1. The molecule has 0 aromatic heterocycles. The van der Waals surface area contributed by atoms with Crippen LogP contribution in [0, 0.1) is 10.1 Å². The average molecular weight is 384 g/mol. The number of benzene rings is 1. The van der Waals surface area contributed by atoms with E-state index in [-0.39, 0.29) is 47.2 Å². The number of piperidine rings is 1. The van der Waals surface area contributed by atoms with Gasteiger partial charge in [-0.15, -0.1) is 12.4 Å². The van der Waals surface area contributed by atoms with Crippen LogP contribution in [0.25, 0.3) is 0 Å². The van der Waals surface area contributed by atoms with Crippen molar-refractivity contribution >= 4 is 35.6 Å². The molecule has 1 aromatic carbocycles. The standard InChI is InChI=1S/C16H21N5O4.ClH/c17-15-12(4-1-5-13(15)21(24)25)16(23)19-7-2-3-11(10-19)20-8-6-18-9-14(20)22;/h1,4-5,11,18H,2-3,6-10,17H2;1H. The first-order chi connectivity index (χ1) is 12.0. The molecule has 0 bridgehead atoms. The highest BCUT2D eigenvalue weighted by Gasteiger charge is 2.33. The predicted octanol–water partition coefficient (Wildman–Crippen LogP) is 0.635. The second-order valence-electron chi connectivity index (χ2n) is 6.31. The van der Waals surface area contributed by atoms with Crippen molar-refractivity contribution in [3.63, 3.8) is 0 Å². The summed E-state index contributed by atoms with van der Waals surface area (Å²) >= 11 is 0. The largest absolute Gasteiger partial charge is 0.393 e. The number of nitro benzene ring substituents is 1. The summed E-state index contributed by atoms with van der Waals surface area (Å²) in [5.74, 6) is -0.283. The van der Waals surface area contributed by atoms with Crippen molar-refractivity contribution in [2.24, 2.45) is 0 Å². The number of para-hydroxylation sites is 1. The molecule has 2 saturated heterocycles. The minimum Gasteiger partial charge on any atom is -0.393 e. The van der Waals surface area contributed by atoms with Crippen LogP contribution in [0.1, 0.15) is 23.2 Å². The molecule has 26 heavy (non-hydrogen) atoms. The molecular formula is C16H22ClN5O4. The molecule has 3 rings (SSSR count). The van der Waals surface area contributed by atoms with E-state index in [1.165, 1.54) is 18.2 Å². The van der Waals surface area contributed by atoms with Gasteiger partial charge < -0.3 is 20.9 Å². The van der Waals surface area contributed by atoms with Gasteiger partial charge in [0, 0.05) is 38.3 Å². The first-order valence-corrected chi connectivity index (χ1v) is 8.31. The van der Waals surface area contributed by atoms with Crippen molar-refractivity contribution in [2.75, 3.05) is 38.5 Å². The third-order valence-electron chi connectivity index (χ3n) is 4.76. The van der Waals surface area contributed by atoms with Crippen LogP contribution in [0.15, 0.2) is 18.2 Å². The van der Waals surface area contributed by atoms with Crippen LogP contribution in [0.2, 0.25) is 0 Å². The Labute approximate surface area is 157 Å². The predicted molar refractivity (Wildman–Crippen MR) is 98.3 cm³/mol. The number of nitrogens with two attached hydrogens (primary N) is 1. The van der Waals surface area contributed by atoms with Crippen molar-refractivity contribution in [2.45, 2.75) is 18.9 Å². The number of piperazine rings is 1. The Bertz CT molecular complexity index is 714. The molecule has 2 amide bonds. The molecule has 142 valence electrons. The van der Waals surface area contributed by atoms with Crippen molar-refractivity contribution < 1.29 is 14.5 Å². The summed E-state index contributed by atoms with van der Waals surface area (Å²) in [7, 11) is 0. The van der Waals surface area contributed by atoms with Crippen molar-refractivity contribution in [1.29, 1.82) is 0 Å². The number of rotatable bonds is 3. The number of nitrogens with zero attached hydrogens (tertiary/aromatic N) is 3. The molecule has 2 aliphatic rings. The summed E-state index contributed by atoms with van der Waals surface area (Å²) in [6.45, 7) is 2.67. The SMILES string of the molecule is Cl.Nc1c(C(=O)N2CCCC(N3CCNCC3=O)C2)cccc1[N+](=O)[O-]. The smallest absolute Gasteiger partial charge is 0.292 e. The van der Waals surface area contributed by atoms with E-state index < -0.39 is 4.92 Å². The summed E-state index contributed by atoms with van der Waals surface area (Å²) in [6, 6.07) is 4.23. The quantitative estimate of drug-likeness (QED) is 0.448. The van der Waals surface area contributed by atoms with Gasteiger partial charge in [-0.25, -0.2) is 0 Å². The van der Waals surface area contributed by atoms with Crippen LogP contribution in [0.4, 0.5) is 11.4 Å². The molecule has 0 saturated carbocycles. The first-order valence-electron chi connectivity index (χ1n) is 8.31. The molecular weight excluding hydrogens is 362 g/mol. The molecule has 10 heteroatoms. The molecule has 0 radical (unpaired) electrons. The van der Waals surface area contributed by atoms with Crippen molar-refractivity contribution in [3.05, 3.63) is 33.9 Å². The lowest BCUT2D eigenvalue weighted by Crippen LogP contribution is -2.57. The lowest BCUT2D eigenvalue weighted by atomic mass is 10.0. The lowest BCUT2D eigenvalue weighted by Gasteiger charge is -2.41. The van der Waals surface area contributed by atoms with Crippen LogP contribution in [0.3, 0.4) is 0 Å². The zero-order valence-electron chi connectivity index (χ0n) is 14.2. The fraction of sp³-hybridized carbons (Fsp3) is 0.500. The van der Waals surface area contributed by atoms with E-state index in [2.05, 4.69) is 5.32 Å². The highest BCUT2D eigenvalue weighted by atomic mass is 35.5. The van der Waals surface area contributed by atoms with E-state index in [0.29, 0.717) is 26.2 Å². The van der Waals surface area contributed by atoms with Gasteiger partial charge in [-0.1, -0.05) is 6.07 Å². The number of amides is 2. The van der Waals surface area contributed by atoms with Gasteiger partial charge in [-0.05, 0) is 18.9 Å². The molecule has 1 atom stereocenters. The highest BCUT2D eigenvalue weighted by Crippen LogP contribution is 2.27. The van der Waals surface area contributed by atoms with Gasteiger partial charge >= 0.3 is 0 Å². The van der Waals surface area contributed by atoms with E-state index in [0.717, 1.165) is 19.4 Å². The number of hydrogen-bond donors (Lipinski definition) is 2. The van der Waals surface area contributed by atoms with Gasteiger partial charge in [0.05, 0.1) is 17.0 Å². The molecule has 1 aromatic rings. The van der Waals surface area contributed by atoms with Crippen LogP contribution >= 0.6 is 12.4 Å². The molecule has 2 fully saturated rings. The van der Waals surface area contributed by atoms with Gasteiger partial charge in [-0.3, -0.25) is 19.7 Å². The number of likely N-dealkylation sites (tertiary alicyclic amines) is 1. The fourth-order valence-corrected chi connectivity index (χ4v) is 3.47. The van der Waals surface area contributed by atoms with Crippen LogP contribution < -0.4 is 11.1 Å². The zero-order chi connectivity index (χ0) is 18.0. The minimum absolute atomic E-state index is 0. The Morgan fingerprint density at radius 1 is 1.35 bits per heavy atom. The van der Waals surface area contributed by atoms with Gasteiger partial charge in [0.2, 0.25) is 5.91 Å². The lowest BCUT2D eigenvalue weighted by molar-refractivity contribution is -0.383. The Morgan fingerprint density at radius 3 is 2.81 bits per heavy atom. The van der Waals surface area contributed by atoms with Gasteiger partial charge in [-0.2, -0.15) is 0 Å². The second-order valence-corrected chi connectivity index (χ2v) is 6.31. The third-order valence-corrected chi connectivity index (χ3v) is 4.76. The number of carbonyl (C=O) groups excluding carboxylic acids is 2. The monoisotopic (exact) mass is 383 g/mol. The maximum absolute atomic E-state index is 12.8. The summed E-state index contributed by atoms with van der Waals surface area (Å²) in [6.07, 6.45) is 1.63. The minimum atomic E-state index is -0.593. The fourth-order valence-electron chi connectivity index (χ4n) is 3.47. The topological polar surface area (TPSA) is 122 Å². The molecule has 1 unspecified atom stereocenters. The number of halogens is 1. The van der Waals surface area contributed by atoms with Gasteiger partial charge in [0.25, 0.3) is 11.6 Å². The van der Waals surface area contributed by atoms with Crippen LogP contribution in [0.5, 0.6) is 0 Å². The number of anilines is 1. The Kier molecular flexibility index (Phi) is 6.38. The van der Waals surface area contributed by atoms with Crippen molar-refractivity contribution in [1.82, 2.24) is 15.1 Å². The third kappa shape index (κ3) is 3.88. The van der Waals surface area contributed by atoms with Gasteiger partial charge in [0.15, 0.2) is 0 Å². The normalized spacial score (nSPS) is 20.5. The average Bonchev–Trinajstić information content (AvgIpc) is 2.61. The highest BCUT2D eigenvalue weighted by molar-refractivity contribution is 6.01. The molecule has 0 aliphatic carbocycles. The van der Waals surface area contributed by atoms with Crippen LogP contribution in [-0.2, 0) is 4.79 Å². The Morgan fingerprint density at radius 2 is 2.12 bits per heavy atom. The van der Waals surface area contributed by atoms with E-state index in [9.17, 15) is 19.7 Å². The summed E-state index contributed by atoms with van der Waals surface area (Å²) in [5, 5.41) is 14.1. The summed E-state index contributed by atoms with van der Waals surface area (Å²) in [5.41, 5.74) is 5.59. The molecule has 2 heterocycles. The van der Waals surface area contributed by atoms with Crippen molar-refractivity contribution in [3.8, 4) is 0 Å². The van der Waals surface area contributed by atoms with E-state index in [4.69, 9.17) is 5.73 Å². The van der Waals surface area contributed by atoms with Crippen LogP contribution in [-0.4, -0.2) is 65.3 Å². The first kappa shape index (κ1) is 19.9. The molecule has 2 aliphatic heterocycles. The molecule has 3 N–H and O–H groups in total. The Hall–Kier alpha value is -2.39. The van der Waals surface area contributed by atoms with E-state index in [1.54, 1.807) is 4.90 Å². The number of hydrogen-bond acceptors (Lipinski definition) is 6. The number of nitro groups is 1. The number of carbonyl (C=O) groups is 2. The molecule has 0 spiro atoms. The van der Waals surface area contributed by atoms with Gasteiger partial charge in [0.1, 0.15) is 5.69 Å². The maximum atomic E-state index is 12.8. The van der Waals surface area contributed by atoms with E-state index >= 15 is 0 Å². The zero-order valence-corrected chi connectivity index (χ0v) is 15.0. The Balaban J connectivity index is 0.00000243. The van der Waals surface area contributed by atoms with E-state index in [1.807, 2.05) is 4.90 Å². The molecule has 9 nitrogen and oxygen atoms in total. The number of nitrogen functional groups attached to an aromatic ring is 1. The second kappa shape index (κ2) is 8.33. The summed E-state index contributed by atoms with van der Waals surface area (Å²) in [4.78, 5) is 38.8. The maximum Gasteiger partial charge on any atom is 0.292 e. The summed E-state index contributed by atoms with van der Waals surface area (Å²) < 4.78 is 0.